The van der Waals surface area contributed by atoms with Gasteiger partial charge in [-0.15, -0.1) is 0 Å². The third-order valence-electron chi connectivity index (χ3n) is 2.99. The third kappa shape index (κ3) is 3.69. The Morgan fingerprint density at radius 3 is 2.50 bits per heavy atom. The molecule has 2 rings (SSSR count). The fourth-order valence-electron chi connectivity index (χ4n) is 1.97. The molecule has 18 heavy (non-hydrogen) atoms. The van der Waals surface area contributed by atoms with Crippen LogP contribution in [0.15, 0.2) is 41.1 Å². The van der Waals surface area contributed by atoms with Gasteiger partial charge in [0, 0.05) is 11.4 Å². The maximum absolute atomic E-state index is 3.46. The number of aryl methyl sites for hydroxylation is 1. The van der Waals surface area contributed by atoms with Gasteiger partial charge in [0.25, 0.3) is 5.82 Å². The molecule has 0 unspecified atom stereocenters. The summed E-state index contributed by atoms with van der Waals surface area (Å²) in [5.41, 5.74) is 1.33. The maximum atomic E-state index is 3.46. The van der Waals surface area contributed by atoms with Crippen LogP contribution in [0.2, 0.25) is 0 Å². The number of nitrogens with zero attached hydrogens (tertiary/aromatic N) is 2. The summed E-state index contributed by atoms with van der Waals surface area (Å²) in [4.78, 5) is 0. The van der Waals surface area contributed by atoms with Gasteiger partial charge in [-0.3, -0.25) is 0 Å². The highest BCUT2D eigenvalue weighted by Crippen LogP contribution is 2.10. The molecule has 0 atom stereocenters. The van der Waals surface area contributed by atoms with Crippen molar-refractivity contribution in [2.24, 2.45) is 0 Å². The van der Waals surface area contributed by atoms with Crippen molar-refractivity contribution in [1.82, 2.24) is 4.57 Å². The summed E-state index contributed by atoms with van der Waals surface area (Å²) in [6.07, 6.45) is 5.50. The summed E-state index contributed by atoms with van der Waals surface area (Å²) < 4.78 is 5.73. The summed E-state index contributed by atoms with van der Waals surface area (Å²) in [5, 5.41) is 0. The molecule has 0 amide bonds. The zero-order valence-electron chi connectivity index (χ0n) is 10.7. The first-order valence-electron chi connectivity index (χ1n) is 6.00. The zero-order valence-corrected chi connectivity index (χ0v) is 13.9. The monoisotopic (exact) mass is 372 g/mol. The molecular formula is C14H18Br2N2. The Morgan fingerprint density at radius 2 is 1.89 bits per heavy atom. The quantitative estimate of drug-likeness (QED) is 0.682. The molecule has 0 aliphatic heterocycles. The lowest BCUT2D eigenvalue weighted by Crippen LogP contribution is -3.00. The fraction of sp³-hybridized carbons (Fsp3) is 0.357. The van der Waals surface area contributed by atoms with E-state index < -0.39 is 0 Å². The molecule has 1 aromatic carbocycles. The van der Waals surface area contributed by atoms with Gasteiger partial charge in [-0.05, 0) is 24.1 Å². The number of benzene rings is 1. The molecule has 0 aliphatic carbocycles. The predicted molar refractivity (Wildman–Crippen MR) is 72.9 cm³/mol. The molecule has 0 aliphatic rings. The van der Waals surface area contributed by atoms with Crippen LogP contribution in [0.4, 0.5) is 0 Å². The van der Waals surface area contributed by atoms with Crippen molar-refractivity contribution >= 4 is 15.9 Å². The van der Waals surface area contributed by atoms with Crippen LogP contribution in [0.25, 0.3) is 0 Å². The highest BCUT2D eigenvalue weighted by atomic mass is 79.9. The molecule has 0 N–H and O–H groups in total. The second-order valence-electron chi connectivity index (χ2n) is 4.29. The van der Waals surface area contributed by atoms with Gasteiger partial charge in [-0.1, -0.05) is 35.0 Å². The highest BCUT2D eigenvalue weighted by molar-refractivity contribution is 9.10. The summed E-state index contributed by atoms with van der Waals surface area (Å²) in [7, 11) is 0. The minimum Gasteiger partial charge on any atom is -1.00 e. The van der Waals surface area contributed by atoms with E-state index in [-0.39, 0.29) is 17.0 Å². The summed E-state index contributed by atoms with van der Waals surface area (Å²) in [6, 6.07) is 8.50. The van der Waals surface area contributed by atoms with Crippen molar-refractivity contribution < 1.29 is 21.5 Å². The Morgan fingerprint density at radius 1 is 1.22 bits per heavy atom. The summed E-state index contributed by atoms with van der Waals surface area (Å²) >= 11 is 3.46. The number of hydrogen-bond acceptors (Lipinski definition) is 0. The second-order valence-corrected chi connectivity index (χ2v) is 5.21. The van der Waals surface area contributed by atoms with Crippen LogP contribution in [0.5, 0.6) is 0 Å². The van der Waals surface area contributed by atoms with E-state index in [2.05, 4.69) is 75.6 Å². The van der Waals surface area contributed by atoms with Crippen LogP contribution in [0, 0.1) is 6.92 Å². The van der Waals surface area contributed by atoms with E-state index in [0.29, 0.717) is 0 Å². The van der Waals surface area contributed by atoms with E-state index in [1.165, 1.54) is 17.8 Å². The van der Waals surface area contributed by atoms with Crippen molar-refractivity contribution in [3.8, 4) is 0 Å². The minimum absolute atomic E-state index is 0. The highest BCUT2D eigenvalue weighted by Gasteiger charge is 2.11. The smallest absolute Gasteiger partial charge is 0.253 e. The lowest BCUT2D eigenvalue weighted by molar-refractivity contribution is -0.694. The standard InChI is InChI=1S/C14H18BrN2.BrH/c1-3-8-16-9-10-17(12(16)2)11-13-4-6-14(15)7-5-13;/h4-7,9-10H,3,8,11H2,1-2H3;1H/q+1;/p-1. The van der Waals surface area contributed by atoms with Gasteiger partial charge in [-0.25, -0.2) is 9.13 Å². The molecule has 1 heterocycles. The number of halogens is 2. The Labute approximate surface area is 128 Å². The molecule has 0 radical (unpaired) electrons. The average molecular weight is 374 g/mol. The van der Waals surface area contributed by atoms with Crippen molar-refractivity contribution in [2.45, 2.75) is 33.4 Å². The van der Waals surface area contributed by atoms with Crippen LogP contribution in [-0.2, 0) is 13.1 Å². The Kier molecular flexibility index (Phi) is 6.09. The topological polar surface area (TPSA) is 8.81 Å². The zero-order chi connectivity index (χ0) is 12.3. The Bertz CT molecular complexity index is 489. The van der Waals surface area contributed by atoms with E-state index in [4.69, 9.17) is 0 Å². The van der Waals surface area contributed by atoms with Gasteiger partial charge in [0.05, 0.1) is 6.54 Å². The molecule has 4 heteroatoms. The molecule has 2 nitrogen and oxygen atoms in total. The second kappa shape index (κ2) is 7.10. The lowest BCUT2D eigenvalue weighted by Gasteiger charge is -2.01. The molecule has 0 saturated heterocycles. The SMILES string of the molecule is CCCn1cc[n+](Cc2ccc(Br)cc2)c1C.[Br-]. The number of hydrogen-bond donors (Lipinski definition) is 0. The number of aromatic nitrogens is 2. The normalized spacial score (nSPS) is 10.2. The van der Waals surface area contributed by atoms with E-state index in [1.807, 2.05) is 0 Å². The first-order chi connectivity index (χ1) is 8.20. The van der Waals surface area contributed by atoms with E-state index >= 15 is 0 Å². The van der Waals surface area contributed by atoms with Gasteiger partial charge < -0.3 is 17.0 Å². The van der Waals surface area contributed by atoms with Crippen molar-refractivity contribution in [3.63, 3.8) is 0 Å². The average Bonchev–Trinajstić information content (AvgIpc) is 2.65. The maximum Gasteiger partial charge on any atom is 0.253 e. The van der Waals surface area contributed by atoms with E-state index in [1.54, 1.807) is 0 Å². The molecule has 0 bridgehead atoms. The van der Waals surface area contributed by atoms with Gasteiger partial charge in [0.15, 0.2) is 0 Å². The summed E-state index contributed by atoms with van der Waals surface area (Å²) in [5.74, 6) is 1.31. The van der Waals surface area contributed by atoms with E-state index in [9.17, 15) is 0 Å². The molecule has 98 valence electrons. The van der Waals surface area contributed by atoms with Crippen LogP contribution in [0.1, 0.15) is 24.7 Å². The fourth-order valence-corrected chi connectivity index (χ4v) is 2.24. The molecule has 1 aromatic heterocycles. The predicted octanol–water partition coefficient (Wildman–Crippen LogP) is 0.309. The van der Waals surface area contributed by atoms with Crippen LogP contribution >= 0.6 is 15.9 Å². The number of rotatable bonds is 4. The first-order valence-corrected chi connectivity index (χ1v) is 6.79. The van der Waals surface area contributed by atoms with E-state index in [0.717, 1.165) is 17.6 Å². The van der Waals surface area contributed by atoms with Crippen molar-refractivity contribution in [1.29, 1.82) is 0 Å². The van der Waals surface area contributed by atoms with Gasteiger partial charge in [0.2, 0.25) is 0 Å². The van der Waals surface area contributed by atoms with Crippen LogP contribution in [-0.4, -0.2) is 4.57 Å². The third-order valence-corrected chi connectivity index (χ3v) is 3.52. The van der Waals surface area contributed by atoms with Crippen molar-refractivity contribution in [2.75, 3.05) is 0 Å². The van der Waals surface area contributed by atoms with Crippen LogP contribution < -0.4 is 21.5 Å². The Balaban J connectivity index is 0.00000162. The minimum atomic E-state index is 0. The molecule has 0 saturated carbocycles. The van der Waals surface area contributed by atoms with Gasteiger partial charge in [-0.2, -0.15) is 0 Å². The van der Waals surface area contributed by atoms with Crippen molar-refractivity contribution in [3.05, 3.63) is 52.5 Å². The molecule has 2 aromatic rings. The van der Waals surface area contributed by atoms with Gasteiger partial charge in [0.1, 0.15) is 18.9 Å². The number of imidazole rings is 1. The largest absolute Gasteiger partial charge is 1.00 e. The summed E-state index contributed by atoms with van der Waals surface area (Å²) in [6.45, 7) is 6.42. The molecule has 0 fully saturated rings. The molecule has 0 spiro atoms. The van der Waals surface area contributed by atoms with Crippen LogP contribution in [0.3, 0.4) is 0 Å². The Hall–Kier alpha value is -0.610. The lowest BCUT2D eigenvalue weighted by atomic mass is 10.2. The van der Waals surface area contributed by atoms with Gasteiger partial charge >= 0.3 is 0 Å². The first kappa shape index (κ1) is 15.4. The molecular weight excluding hydrogens is 356 g/mol.